The van der Waals surface area contributed by atoms with E-state index >= 15 is 0 Å². The first kappa shape index (κ1) is 9.87. The molecule has 1 N–H and O–H groups in total. The maximum Gasteiger partial charge on any atom is 0.151 e. The second-order valence-electron chi connectivity index (χ2n) is 2.69. The molecule has 2 nitrogen and oxygen atoms in total. The summed E-state index contributed by atoms with van der Waals surface area (Å²) in [5, 5.41) is 0.510. The zero-order valence-electron chi connectivity index (χ0n) is 7.03. The number of nitrogens with zero attached hydrogens (tertiary/aromatic N) is 1. The zero-order chi connectivity index (χ0) is 8.97. The van der Waals surface area contributed by atoms with Gasteiger partial charge in [0, 0.05) is 6.42 Å². The molecule has 1 heterocycles. The van der Waals surface area contributed by atoms with Gasteiger partial charge in [0.05, 0.1) is 11.6 Å². The highest BCUT2D eigenvalue weighted by Crippen LogP contribution is 2.15. The van der Waals surface area contributed by atoms with Gasteiger partial charge in [0.25, 0.3) is 0 Å². The largest absolute Gasteiger partial charge is 0.344 e. The fourth-order valence-electron chi connectivity index (χ4n) is 0.991. The first-order valence-corrected chi connectivity index (χ1v) is 4.98. The van der Waals surface area contributed by atoms with E-state index in [0.717, 1.165) is 30.8 Å². The van der Waals surface area contributed by atoms with E-state index in [1.807, 2.05) is 0 Å². The molecule has 0 aromatic carbocycles. The molecule has 0 spiro atoms. The maximum atomic E-state index is 5.80. The highest BCUT2D eigenvalue weighted by molar-refractivity contribution is 6.31. The molecule has 1 aromatic heterocycles. The quantitative estimate of drug-likeness (QED) is 0.754. The van der Waals surface area contributed by atoms with Gasteiger partial charge in [0.15, 0.2) is 5.15 Å². The highest BCUT2D eigenvalue weighted by Gasteiger charge is 2.05. The van der Waals surface area contributed by atoms with Crippen molar-refractivity contribution in [3.63, 3.8) is 0 Å². The smallest absolute Gasteiger partial charge is 0.151 e. The second-order valence-corrected chi connectivity index (χ2v) is 3.32. The van der Waals surface area contributed by atoms with Gasteiger partial charge >= 0.3 is 0 Å². The first-order valence-electron chi connectivity index (χ1n) is 4.07. The number of hydrogen-bond donors (Lipinski definition) is 1. The lowest BCUT2D eigenvalue weighted by molar-refractivity contribution is 0.761. The number of aromatic amines is 1. The van der Waals surface area contributed by atoms with Gasteiger partial charge < -0.3 is 4.98 Å². The van der Waals surface area contributed by atoms with Gasteiger partial charge in [-0.2, -0.15) is 0 Å². The van der Waals surface area contributed by atoms with E-state index in [0.29, 0.717) is 11.0 Å². The number of H-pyrrole nitrogens is 1. The maximum absolute atomic E-state index is 5.80. The van der Waals surface area contributed by atoms with E-state index in [4.69, 9.17) is 23.2 Å². The molecule has 0 fully saturated rings. The van der Waals surface area contributed by atoms with Crippen LogP contribution in [0.2, 0.25) is 5.15 Å². The summed E-state index contributed by atoms with van der Waals surface area (Å²) in [7, 11) is 0. The van der Waals surface area contributed by atoms with E-state index in [1.54, 1.807) is 0 Å². The number of aryl methyl sites for hydroxylation is 1. The summed E-state index contributed by atoms with van der Waals surface area (Å²) in [5.74, 6) is 1.34. The molecule has 0 radical (unpaired) electrons. The van der Waals surface area contributed by atoms with E-state index < -0.39 is 0 Å². The number of unbranched alkanes of at least 4 members (excludes halogenated alkanes) is 1. The monoisotopic (exact) mass is 206 g/mol. The van der Waals surface area contributed by atoms with Crippen molar-refractivity contribution in [2.24, 2.45) is 0 Å². The highest BCUT2D eigenvalue weighted by atomic mass is 35.5. The number of hydrogen-bond acceptors (Lipinski definition) is 1. The minimum absolute atomic E-state index is 0.401. The molecule has 0 atom stereocenters. The molecule has 0 aliphatic heterocycles. The molecule has 68 valence electrons. The van der Waals surface area contributed by atoms with E-state index in [9.17, 15) is 0 Å². The minimum atomic E-state index is 0.401. The standard InChI is InChI=1S/C8H12Cl2N2/c1-2-3-4-7-11-6(5-9)8(10)12-7/h2-5H2,1H3,(H,11,12). The first-order chi connectivity index (χ1) is 5.77. The van der Waals surface area contributed by atoms with Gasteiger partial charge in [-0.15, -0.1) is 11.6 Å². The summed E-state index contributed by atoms with van der Waals surface area (Å²) in [6, 6.07) is 0. The topological polar surface area (TPSA) is 28.7 Å². The van der Waals surface area contributed by atoms with Gasteiger partial charge in [-0.25, -0.2) is 4.98 Å². The van der Waals surface area contributed by atoms with Crippen molar-refractivity contribution in [2.75, 3.05) is 0 Å². The molecule has 1 rings (SSSR count). The Bertz CT molecular complexity index is 245. The summed E-state index contributed by atoms with van der Waals surface area (Å²) < 4.78 is 0. The zero-order valence-corrected chi connectivity index (χ0v) is 8.54. The molecular formula is C8H12Cl2N2. The number of alkyl halides is 1. The van der Waals surface area contributed by atoms with Crippen LogP contribution in [0.3, 0.4) is 0 Å². The molecule has 0 bridgehead atoms. The number of nitrogens with one attached hydrogen (secondary N) is 1. The van der Waals surface area contributed by atoms with Crippen LogP contribution < -0.4 is 0 Å². The van der Waals surface area contributed by atoms with Gasteiger partial charge in [0.2, 0.25) is 0 Å². The van der Waals surface area contributed by atoms with Crippen LogP contribution in [0.4, 0.5) is 0 Å². The van der Waals surface area contributed by atoms with Crippen molar-refractivity contribution in [1.82, 2.24) is 9.97 Å². The molecule has 0 aliphatic rings. The third-order valence-corrected chi connectivity index (χ3v) is 2.26. The molecule has 12 heavy (non-hydrogen) atoms. The Labute approximate surface area is 82.3 Å². The van der Waals surface area contributed by atoms with Gasteiger partial charge in [0.1, 0.15) is 5.82 Å². The summed E-state index contributed by atoms with van der Waals surface area (Å²) in [5.41, 5.74) is 0.824. The van der Waals surface area contributed by atoms with E-state index in [1.165, 1.54) is 0 Å². The van der Waals surface area contributed by atoms with Gasteiger partial charge in [-0.05, 0) is 6.42 Å². The van der Waals surface area contributed by atoms with Crippen molar-refractivity contribution in [1.29, 1.82) is 0 Å². The van der Waals surface area contributed by atoms with Crippen molar-refractivity contribution in [3.8, 4) is 0 Å². The molecule has 0 saturated carbocycles. The summed E-state index contributed by atoms with van der Waals surface area (Å²) >= 11 is 11.4. The average molecular weight is 207 g/mol. The van der Waals surface area contributed by atoms with Crippen LogP contribution in [0.5, 0.6) is 0 Å². The van der Waals surface area contributed by atoms with E-state index in [-0.39, 0.29) is 0 Å². The van der Waals surface area contributed by atoms with Crippen LogP contribution in [-0.2, 0) is 12.3 Å². The Hall–Kier alpha value is -0.210. The molecule has 1 aromatic rings. The number of aromatic nitrogens is 2. The minimum Gasteiger partial charge on any atom is -0.344 e. The van der Waals surface area contributed by atoms with Crippen LogP contribution in [0.25, 0.3) is 0 Å². The van der Waals surface area contributed by atoms with Gasteiger partial charge in [-0.3, -0.25) is 0 Å². The van der Waals surface area contributed by atoms with Crippen molar-refractivity contribution < 1.29 is 0 Å². The third-order valence-electron chi connectivity index (χ3n) is 1.68. The molecule has 0 amide bonds. The Kier molecular flexibility index (Phi) is 3.89. The van der Waals surface area contributed by atoms with E-state index in [2.05, 4.69) is 16.9 Å². The van der Waals surface area contributed by atoms with Crippen molar-refractivity contribution in [2.45, 2.75) is 32.1 Å². The molecule has 0 aliphatic carbocycles. The normalized spacial score (nSPS) is 10.6. The lowest BCUT2D eigenvalue weighted by atomic mass is 10.2. The molecule has 4 heteroatoms. The van der Waals surface area contributed by atoms with Gasteiger partial charge in [-0.1, -0.05) is 24.9 Å². The lowest BCUT2D eigenvalue weighted by Gasteiger charge is -1.91. The Morgan fingerprint density at radius 1 is 1.50 bits per heavy atom. The van der Waals surface area contributed by atoms with Crippen LogP contribution >= 0.6 is 23.2 Å². The summed E-state index contributed by atoms with van der Waals surface area (Å²) in [6.07, 6.45) is 3.24. The third kappa shape index (κ3) is 2.39. The summed E-state index contributed by atoms with van der Waals surface area (Å²) in [4.78, 5) is 7.24. The Morgan fingerprint density at radius 2 is 2.25 bits per heavy atom. The van der Waals surface area contributed by atoms with Crippen LogP contribution in [0, 0.1) is 0 Å². The number of imidazole rings is 1. The SMILES string of the molecule is CCCCc1nc(Cl)c(CCl)[nH]1. The Balaban J connectivity index is 2.62. The second kappa shape index (κ2) is 4.73. The molecule has 0 saturated heterocycles. The number of rotatable bonds is 4. The van der Waals surface area contributed by atoms with Crippen LogP contribution in [0.15, 0.2) is 0 Å². The van der Waals surface area contributed by atoms with Crippen LogP contribution in [-0.4, -0.2) is 9.97 Å². The predicted molar refractivity (Wildman–Crippen MR) is 51.8 cm³/mol. The number of halogens is 2. The fourth-order valence-corrected chi connectivity index (χ4v) is 1.47. The lowest BCUT2D eigenvalue weighted by Crippen LogP contribution is -1.87. The van der Waals surface area contributed by atoms with Crippen molar-refractivity contribution >= 4 is 23.2 Å². The average Bonchev–Trinajstić information content (AvgIpc) is 2.43. The Morgan fingerprint density at radius 3 is 2.75 bits per heavy atom. The summed E-state index contributed by atoms with van der Waals surface area (Å²) in [6.45, 7) is 2.15. The fraction of sp³-hybridized carbons (Fsp3) is 0.625. The van der Waals surface area contributed by atoms with Crippen LogP contribution in [0.1, 0.15) is 31.3 Å². The predicted octanol–water partition coefficient (Wildman–Crippen LogP) is 3.14. The molecular weight excluding hydrogens is 195 g/mol. The molecule has 0 unspecified atom stereocenters. The van der Waals surface area contributed by atoms with Crippen molar-refractivity contribution in [3.05, 3.63) is 16.7 Å².